The minimum Gasteiger partial charge on any atom is -0.462 e. The molecule has 0 radical (unpaired) electrons. The molecule has 0 saturated carbocycles. The number of hydrogen-bond donors (Lipinski definition) is 3. The van der Waals surface area contributed by atoms with Crippen molar-refractivity contribution in [2.45, 2.75) is 341 Å². The molecule has 96 heavy (non-hydrogen) atoms. The molecule has 0 aliphatic rings. The van der Waals surface area contributed by atoms with Crippen LogP contribution in [-0.4, -0.2) is 96.7 Å². The summed E-state index contributed by atoms with van der Waals surface area (Å²) < 4.78 is 68.4. The van der Waals surface area contributed by atoms with E-state index in [0.29, 0.717) is 25.7 Å². The summed E-state index contributed by atoms with van der Waals surface area (Å²) in [6.45, 7) is 4.65. The zero-order valence-corrected chi connectivity index (χ0v) is 62.3. The maximum Gasteiger partial charge on any atom is 0.472 e. The molecule has 0 aromatic rings. The maximum absolute atomic E-state index is 13.1. The molecule has 0 saturated heterocycles. The molecule has 556 valence electrons. The van der Waals surface area contributed by atoms with E-state index in [9.17, 15) is 43.2 Å². The molecule has 17 nitrogen and oxygen atoms in total. The predicted molar refractivity (Wildman–Crippen MR) is 390 cm³/mol. The van der Waals surface area contributed by atoms with E-state index in [-0.39, 0.29) is 25.7 Å². The molecule has 5 unspecified atom stereocenters. The molecule has 0 amide bonds. The lowest BCUT2D eigenvalue weighted by Crippen LogP contribution is -2.30. The molecular formula is C77H136O17P2. The number of allylic oxidation sites excluding steroid dienone is 14. The summed E-state index contributed by atoms with van der Waals surface area (Å²) in [6.07, 6.45) is 70.0. The fourth-order valence-corrected chi connectivity index (χ4v) is 11.6. The molecule has 0 aromatic heterocycles. The van der Waals surface area contributed by atoms with Crippen LogP contribution in [0.2, 0.25) is 0 Å². The van der Waals surface area contributed by atoms with Gasteiger partial charge in [-0.1, -0.05) is 248 Å². The molecule has 0 rings (SSSR count). The van der Waals surface area contributed by atoms with Crippen molar-refractivity contribution in [3.63, 3.8) is 0 Å². The number of unbranched alkanes of at least 4 members (excludes halogenated alkanes) is 31. The third-order valence-corrected chi connectivity index (χ3v) is 17.7. The zero-order chi connectivity index (χ0) is 70.4. The summed E-state index contributed by atoms with van der Waals surface area (Å²) in [4.78, 5) is 72.8. The van der Waals surface area contributed by atoms with Gasteiger partial charge >= 0.3 is 39.5 Å². The summed E-state index contributed by atoms with van der Waals surface area (Å²) >= 11 is 0. The normalized spacial score (nSPS) is 14.4. The van der Waals surface area contributed by atoms with E-state index in [2.05, 4.69) is 113 Å². The van der Waals surface area contributed by atoms with Crippen LogP contribution < -0.4 is 0 Å². The summed E-state index contributed by atoms with van der Waals surface area (Å²) in [7, 11) is -9.95. The van der Waals surface area contributed by atoms with E-state index in [0.717, 1.165) is 193 Å². The number of carbonyl (C=O) groups is 4. The van der Waals surface area contributed by atoms with Crippen LogP contribution in [0.3, 0.4) is 0 Å². The van der Waals surface area contributed by atoms with Gasteiger partial charge in [0.2, 0.25) is 0 Å². The van der Waals surface area contributed by atoms with Crippen molar-refractivity contribution in [1.29, 1.82) is 0 Å². The Morgan fingerprint density at radius 3 is 0.885 bits per heavy atom. The molecule has 0 heterocycles. The van der Waals surface area contributed by atoms with Gasteiger partial charge in [0, 0.05) is 25.7 Å². The van der Waals surface area contributed by atoms with Gasteiger partial charge in [-0.3, -0.25) is 37.3 Å². The van der Waals surface area contributed by atoms with Gasteiger partial charge in [0.05, 0.1) is 26.4 Å². The number of rotatable bonds is 71. The molecule has 0 aliphatic heterocycles. The predicted octanol–water partition coefficient (Wildman–Crippen LogP) is 21.4. The largest absolute Gasteiger partial charge is 0.472 e. The van der Waals surface area contributed by atoms with E-state index in [1.165, 1.54) is 51.4 Å². The monoisotopic (exact) mass is 1390 g/mol. The second kappa shape index (κ2) is 69.7. The lowest BCUT2D eigenvalue weighted by Gasteiger charge is -2.21. The number of carbonyl (C=O) groups excluding carboxylic acids is 4. The number of ether oxygens (including phenoxy) is 4. The number of phosphoric acid groups is 2. The van der Waals surface area contributed by atoms with Crippen molar-refractivity contribution >= 4 is 39.5 Å². The molecule has 0 spiro atoms. The Hall–Kier alpha value is -3.76. The van der Waals surface area contributed by atoms with Crippen LogP contribution in [-0.2, 0) is 65.4 Å². The number of aliphatic hydroxyl groups excluding tert-OH is 1. The molecule has 0 fully saturated rings. The van der Waals surface area contributed by atoms with E-state index < -0.39 is 97.5 Å². The second-order valence-corrected chi connectivity index (χ2v) is 28.1. The van der Waals surface area contributed by atoms with Crippen LogP contribution in [0.4, 0.5) is 0 Å². The lowest BCUT2D eigenvalue weighted by atomic mass is 10.1. The van der Waals surface area contributed by atoms with Crippen molar-refractivity contribution < 1.29 is 80.2 Å². The summed E-state index contributed by atoms with van der Waals surface area (Å²) in [5.74, 6) is -2.20. The third kappa shape index (κ3) is 68.8. The first-order valence-corrected chi connectivity index (χ1v) is 40.8. The smallest absolute Gasteiger partial charge is 0.462 e. The quantitative estimate of drug-likeness (QED) is 0.0169. The summed E-state index contributed by atoms with van der Waals surface area (Å²) in [5.41, 5.74) is 0. The van der Waals surface area contributed by atoms with Gasteiger partial charge in [-0.15, -0.1) is 0 Å². The zero-order valence-electron chi connectivity index (χ0n) is 60.5. The van der Waals surface area contributed by atoms with Crippen molar-refractivity contribution in [2.24, 2.45) is 0 Å². The highest BCUT2D eigenvalue weighted by Gasteiger charge is 2.30. The third-order valence-electron chi connectivity index (χ3n) is 15.8. The van der Waals surface area contributed by atoms with Gasteiger partial charge in [-0.05, 0) is 135 Å². The van der Waals surface area contributed by atoms with Crippen LogP contribution in [0, 0.1) is 0 Å². The minimum absolute atomic E-state index is 0.0832. The van der Waals surface area contributed by atoms with Crippen LogP contribution >= 0.6 is 15.6 Å². The minimum atomic E-state index is -4.97. The first-order valence-electron chi connectivity index (χ1n) is 37.8. The Balaban J connectivity index is 5.34. The van der Waals surface area contributed by atoms with Crippen molar-refractivity contribution in [1.82, 2.24) is 0 Å². The fourth-order valence-electron chi connectivity index (χ4n) is 10.0. The Morgan fingerprint density at radius 1 is 0.302 bits per heavy atom. The summed E-state index contributed by atoms with van der Waals surface area (Å²) in [6, 6.07) is 0. The van der Waals surface area contributed by atoms with Crippen LogP contribution in [0.15, 0.2) is 85.1 Å². The number of hydrogen-bond acceptors (Lipinski definition) is 15. The first kappa shape index (κ1) is 92.2. The number of esters is 4. The molecule has 19 heteroatoms. The van der Waals surface area contributed by atoms with Gasteiger partial charge in [-0.2, -0.15) is 0 Å². The standard InChI is InChI=1S/C77H136O17P2/c1-5-9-13-17-21-25-29-33-34-35-36-40-42-46-50-54-58-62-75(80)88-68-73(94-77(82)64-60-56-52-48-44-39-32-28-24-20-16-12-8-4)70-92-96(85,86)90-66-71(78)65-89-95(83,84)91-69-72(93-76(81)63-59-55-51-47-43-38-31-27-23-19-15-11-7-3)67-87-74(79)61-57-53-49-45-41-37-30-26-22-18-14-10-6-2/h9,13-14,18,21,25-28,30-34,71-73,78H,5-8,10-12,15-17,19-20,22-24,29,35-70H2,1-4H3,(H,83,84)(H,85,86)/b13-9-,18-14-,25-21-,30-26-,31-27-,32-28-,34-33-. The molecule has 0 bridgehead atoms. The molecule has 0 aromatic carbocycles. The average Bonchev–Trinajstić information content (AvgIpc) is 3.12. The number of phosphoric ester groups is 2. The van der Waals surface area contributed by atoms with Gasteiger partial charge in [0.25, 0.3) is 0 Å². The molecular weight excluding hydrogens is 1260 g/mol. The molecule has 0 aliphatic carbocycles. The SMILES string of the molecule is CC/C=C\C/C=C\C/C=C\CCCCCCCCCC(=O)OCC(COP(=O)(O)OCC(O)COP(=O)(O)OCC(COC(=O)CCCCCCC/C=C\C/C=C\CCC)OC(=O)CCCCCCC/C=C\CCCCCC)OC(=O)CCCCCCC/C=C\CCCCCC. The summed E-state index contributed by atoms with van der Waals surface area (Å²) in [5, 5.41) is 10.6. The van der Waals surface area contributed by atoms with Crippen LogP contribution in [0.25, 0.3) is 0 Å². The van der Waals surface area contributed by atoms with Gasteiger partial charge < -0.3 is 33.8 Å². The maximum atomic E-state index is 13.1. The Bertz CT molecular complexity index is 2160. The highest BCUT2D eigenvalue weighted by atomic mass is 31.2. The van der Waals surface area contributed by atoms with Crippen molar-refractivity contribution in [3.05, 3.63) is 85.1 Å². The van der Waals surface area contributed by atoms with Gasteiger partial charge in [-0.25, -0.2) is 9.13 Å². The first-order chi connectivity index (χ1) is 46.7. The molecule has 3 N–H and O–H groups in total. The highest BCUT2D eigenvalue weighted by Crippen LogP contribution is 2.45. The van der Waals surface area contributed by atoms with Gasteiger partial charge in [0.15, 0.2) is 12.2 Å². The Labute approximate surface area is 583 Å². The Kier molecular flexibility index (Phi) is 67.0. The Morgan fingerprint density at radius 2 is 0.562 bits per heavy atom. The highest BCUT2D eigenvalue weighted by molar-refractivity contribution is 7.47. The van der Waals surface area contributed by atoms with Crippen LogP contribution in [0.5, 0.6) is 0 Å². The van der Waals surface area contributed by atoms with E-state index in [1.54, 1.807) is 0 Å². The molecule has 5 atom stereocenters. The second-order valence-electron chi connectivity index (χ2n) is 25.2. The average molecular weight is 1400 g/mol. The van der Waals surface area contributed by atoms with E-state index >= 15 is 0 Å². The number of aliphatic hydroxyl groups is 1. The van der Waals surface area contributed by atoms with E-state index in [1.807, 2.05) is 0 Å². The van der Waals surface area contributed by atoms with Crippen LogP contribution in [0.1, 0.15) is 323 Å². The fraction of sp³-hybridized carbons (Fsp3) is 0.766. The van der Waals surface area contributed by atoms with Crippen molar-refractivity contribution in [3.8, 4) is 0 Å². The topological polar surface area (TPSA) is 237 Å². The van der Waals surface area contributed by atoms with E-state index in [4.69, 9.17) is 37.0 Å². The van der Waals surface area contributed by atoms with Crippen molar-refractivity contribution in [2.75, 3.05) is 39.6 Å². The van der Waals surface area contributed by atoms with Gasteiger partial charge in [0.1, 0.15) is 19.3 Å². The lowest BCUT2D eigenvalue weighted by molar-refractivity contribution is -0.161.